The number of methoxy groups -OCH3 is 2. The van der Waals surface area contributed by atoms with E-state index >= 15 is 0 Å². The summed E-state index contributed by atoms with van der Waals surface area (Å²) < 4.78 is 37.0. The van der Waals surface area contributed by atoms with Crippen LogP contribution in [0, 0.1) is 11.6 Å². The molecule has 5 heteroatoms. The van der Waals surface area contributed by atoms with Crippen LogP contribution in [0.5, 0.6) is 11.5 Å². The van der Waals surface area contributed by atoms with Crippen molar-refractivity contribution in [3.8, 4) is 11.5 Å². The first-order valence-electron chi connectivity index (χ1n) is 6.04. The van der Waals surface area contributed by atoms with E-state index in [1.807, 2.05) is 0 Å². The molecule has 1 N–H and O–H groups in total. The van der Waals surface area contributed by atoms with Crippen molar-refractivity contribution in [1.29, 1.82) is 0 Å². The number of ether oxygens (including phenoxy) is 2. The van der Waals surface area contributed by atoms with Crippen molar-refractivity contribution in [2.75, 3.05) is 19.5 Å². The number of anilines is 1. The third-order valence-electron chi connectivity index (χ3n) is 2.89. The van der Waals surface area contributed by atoms with E-state index in [0.717, 1.165) is 0 Å². The summed E-state index contributed by atoms with van der Waals surface area (Å²) in [5, 5.41) is 2.96. The van der Waals surface area contributed by atoms with E-state index in [1.54, 1.807) is 18.2 Å². The van der Waals surface area contributed by atoms with E-state index < -0.39 is 5.82 Å². The average molecular weight is 279 g/mol. The summed E-state index contributed by atoms with van der Waals surface area (Å²) in [5.74, 6) is -0.202. The Hall–Kier alpha value is -2.30. The van der Waals surface area contributed by atoms with Gasteiger partial charge in [0.05, 0.1) is 14.2 Å². The van der Waals surface area contributed by atoms with Crippen LogP contribution < -0.4 is 14.8 Å². The van der Waals surface area contributed by atoms with Crippen LogP contribution in [0.4, 0.5) is 14.5 Å². The molecule has 0 aliphatic rings. The monoisotopic (exact) mass is 279 g/mol. The van der Waals surface area contributed by atoms with Crippen LogP contribution in [0.25, 0.3) is 0 Å². The molecule has 20 heavy (non-hydrogen) atoms. The van der Waals surface area contributed by atoms with E-state index in [2.05, 4.69) is 5.32 Å². The van der Waals surface area contributed by atoms with Crippen LogP contribution in [0.3, 0.4) is 0 Å². The summed E-state index contributed by atoms with van der Waals surface area (Å²) in [5.41, 5.74) is 1.03. The van der Waals surface area contributed by atoms with Gasteiger partial charge in [-0.25, -0.2) is 8.78 Å². The fourth-order valence-electron chi connectivity index (χ4n) is 1.77. The molecule has 106 valence electrons. The zero-order chi connectivity index (χ0) is 14.5. The molecular formula is C15H15F2NO2. The maximum absolute atomic E-state index is 13.7. The second kappa shape index (κ2) is 6.23. The Morgan fingerprint density at radius 1 is 0.950 bits per heavy atom. The number of halogens is 2. The molecule has 0 unspecified atom stereocenters. The number of hydrogen-bond acceptors (Lipinski definition) is 3. The molecule has 2 rings (SSSR count). The Morgan fingerprint density at radius 2 is 1.75 bits per heavy atom. The van der Waals surface area contributed by atoms with Crippen LogP contribution in [-0.2, 0) is 6.54 Å². The first-order chi connectivity index (χ1) is 9.63. The number of benzene rings is 2. The summed E-state index contributed by atoms with van der Waals surface area (Å²) in [6, 6.07) is 9.10. The lowest BCUT2D eigenvalue weighted by molar-refractivity contribution is 0.386. The first-order valence-corrected chi connectivity index (χ1v) is 6.04. The molecule has 2 aromatic rings. The molecule has 0 saturated carbocycles. The van der Waals surface area contributed by atoms with Crippen LogP contribution in [0.1, 0.15) is 5.56 Å². The largest absolute Gasteiger partial charge is 0.497 e. The van der Waals surface area contributed by atoms with Crippen LogP contribution in [0.2, 0.25) is 0 Å². The first kappa shape index (κ1) is 14.1. The van der Waals surface area contributed by atoms with Crippen LogP contribution >= 0.6 is 0 Å². The topological polar surface area (TPSA) is 30.5 Å². The van der Waals surface area contributed by atoms with Gasteiger partial charge in [0.2, 0.25) is 0 Å². The third kappa shape index (κ3) is 3.17. The molecule has 0 aliphatic carbocycles. The number of rotatable bonds is 5. The standard InChI is InChI=1S/C15H15F2NO2/c1-19-12-5-3-10(13(16)8-12)9-18-11-4-6-15(20-2)14(17)7-11/h3-8,18H,9H2,1-2H3. The molecule has 0 aliphatic heterocycles. The maximum Gasteiger partial charge on any atom is 0.167 e. The van der Waals surface area contributed by atoms with Crippen molar-refractivity contribution in [2.45, 2.75) is 6.54 Å². The fourth-order valence-corrected chi connectivity index (χ4v) is 1.77. The Bertz CT molecular complexity index is 602. The van der Waals surface area contributed by atoms with E-state index in [1.165, 1.54) is 32.4 Å². The molecule has 2 aromatic carbocycles. The normalized spacial score (nSPS) is 10.2. The van der Waals surface area contributed by atoms with Crippen molar-refractivity contribution in [2.24, 2.45) is 0 Å². The highest BCUT2D eigenvalue weighted by molar-refractivity contribution is 5.48. The van der Waals surface area contributed by atoms with Gasteiger partial charge in [0.25, 0.3) is 0 Å². The predicted molar refractivity (Wildman–Crippen MR) is 73.2 cm³/mol. The van der Waals surface area contributed by atoms with Crippen molar-refractivity contribution in [1.82, 2.24) is 0 Å². The van der Waals surface area contributed by atoms with Crippen molar-refractivity contribution >= 4 is 5.69 Å². The van der Waals surface area contributed by atoms with Gasteiger partial charge >= 0.3 is 0 Å². The molecule has 0 amide bonds. The smallest absolute Gasteiger partial charge is 0.167 e. The summed E-state index contributed by atoms with van der Waals surface area (Å²) in [7, 11) is 2.88. The highest BCUT2D eigenvalue weighted by Crippen LogP contribution is 2.22. The molecule has 0 heterocycles. The molecule has 0 radical (unpaired) electrons. The van der Waals surface area contributed by atoms with Gasteiger partial charge in [-0.05, 0) is 18.2 Å². The second-order valence-corrected chi connectivity index (χ2v) is 4.16. The van der Waals surface area contributed by atoms with Gasteiger partial charge in [-0.1, -0.05) is 6.07 Å². The average Bonchev–Trinajstić information content (AvgIpc) is 2.46. The minimum atomic E-state index is -0.465. The molecule has 0 fully saturated rings. The van der Waals surface area contributed by atoms with Crippen molar-refractivity contribution in [3.63, 3.8) is 0 Å². The molecule has 0 atom stereocenters. The zero-order valence-corrected chi connectivity index (χ0v) is 11.2. The Morgan fingerprint density at radius 3 is 2.35 bits per heavy atom. The Labute approximate surface area is 116 Å². The Kier molecular flexibility index (Phi) is 4.40. The van der Waals surface area contributed by atoms with Gasteiger partial charge < -0.3 is 14.8 Å². The minimum Gasteiger partial charge on any atom is -0.497 e. The van der Waals surface area contributed by atoms with E-state index in [0.29, 0.717) is 17.0 Å². The number of nitrogens with one attached hydrogen (secondary N) is 1. The quantitative estimate of drug-likeness (QED) is 0.907. The fraction of sp³-hybridized carbons (Fsp3) is 0.200. The van der Waals surface area contributed by atoms with E-state index in [4.69, 9.17) is 9.47 Å². The van der Waals surface area contributed by atoms with Crippen LogP contribution in [0.15, 0.2) is 36.4 Å². The van der Waals surface area contributed by atoms with Gasteiger partial charge in [-0.2, -0.15) is 0 Å². The number of hydrogen-bond donors (Lipinski definition) is 1. The van der Waals surface area contributed by atoms with Crippen molar-refractivity contribution in [3.05, 3.63) is 53.6 Å². The maximum atomic E-state index is 13.7. The van der Waals surface area contributed by atoms with E-state index in [-0.39, 0.29) is 18.1 Å². The Balaban J connectivity index is 2.07. The lowest BCUT2D eigenvalue weighted by Crippen LogP contribution is -2.02. The summed E-state index contributed by atoms with van der Waals surface area (Å²) in [6.07, 6.45) is 0. The SMILES string of the molecule is COc1ccc(CNc2ccc(OC)c(F)c2)c(F)c1. The lowest BCUT2D eigenvalue weighted by atomic mass is 10.2. The summed E-state index contributed by atoms with van der Waals surface area (Å²) >= 11 is 0. The van der Waals surface area contributed by atoms with Gasteiger partial charge in [0.1, 0.15) is 11.6 Å². The molecule has 0 spiro atoms. The lowest BCUT2D eigenvalue weighted by Gasteiger charge is -2.10. The molecular weight excluding hydrogens is 264 g/mol. The third-order valence-corrected chi connectivity index (χ3v) is 2.89. The van der Waals surface area contributed by atoms with Gasteiger partial charge in [0, 0.05) is 29.9 Å². The molecule has 0 aromatic heterocycles. The van der Waals surface area contributed by atoms with Gasteiger partial charge in [0.15, 0.2) is 11.6 Å². The van der Waals surface area contributed by atoms with Crippen LogP contribution in [-0.4, -0.2) is 14.2 Å². The van der Waals surface area contributed by atoms with E-state index in [9.17, 15) is 8.78 Å². The highest BCUT2D eigenvalue weighted by atomic mass is 19.1. The second-order valence-electron chi connectivity index (χ2n) is 4.16. The molecule has 0 saturated heterocycles. The molecule has 3 nitrogen and oxygen atoms in total. The van der Waals surface area contributed by atoms with Gasteiger partial charge in [-0.3, -0.25) is 0 Å². The highest BCUT2D eigenvalue weighted by Gasteiger charge is 2.06. The summed E-state index contributed by atoms with van der Waals surface area (Å²) in [6.45, 7) is 0.252. The zero-order valence-electron chi connectivity index (χ0n) is 11.2. The summed E-state index contributed by atoms with van der Waals surface area (Å²) in [4.78, 5) is 0. The van der Waals surface area contributed by atoms with Crippen molar-refractivity contribution < 1.29 is 18.3 Å². The minimum absolute atomic E-state index is 0.172. The predicted octanol–water partition coefficient (Wildman–Crippen LogP) is 3.59. The molecule has 0 bridgehead atoms. The van der Waals surface area contributed by atoms with Gasteiger partial charge in [-0.15, -0.1) is 0 Å².